The average Bonchev–Trinajstić information content (AvgIpc) is 2.97. The van der Waals surface area contributed by atoms with Gasteiger partial charge in [0.05, 0.1) is 5.39 Å². The van der Waals surface area contributed by atoms with Gasteiger partial charge in [-0.25, -0.2) is 4.57 Å². The quantitative estimate of drug-likeness (QED) is 0.529. The van der Waals surface area contributed by atoms with Crippen molar-refractivity contribution in [2.24, 2.45) is 7.05 Å². The first-order valence-corrected chi connectivity index (χ1v) is 7.44. The summed E-state index contributed by atoms with van der Waals surface area (Å²) in [5.41, 5.74) is 4.76. The molecule has 0 aliphatic heterocycles. The van der Waals surface area contributed by atoms with Crippen molar-refractivity contribution in [2.75, 3.05) is 0 Å². The molecule has 0 saturated heterocycles. The van der Waals surface area contributed by atoms with Crippen LogP contribution in [0.5, 0.6) is 0 Å². The Balaban J connectivity index is 1.78. The number of aromatic nitrogens is 2. The van der Waals surface area contributed by atoms with Gasteiger partial charge in [-0.2, -0.15) is 0 Å². The van der Waals surface area contributed by atoms with Gasteiger partial charge in [0.2, 0.25) is 5.52 Å². The number of fused-ring (bicyclic) bond motifs is 2. The lowest BCUT2D eigenvalue weighted by Gasteiger charge is -2.00. The molecule has 0 unspecified atom stereocenters. The van der Waals surface area contributed by atoms with Crippen LogP contribution in [0.4, 0.5) is 0 Å². The van der Waals surface area contributed by atoms with Crippen molar-refractivity contribution in [1.82, 2.24) is 4.98 Å². The summed E-state index contributed by atoms with van der Waals surface area (Å²) in [6, 6.07) is 21.2. The highest BCUT2D eigenvalue weighted by molar-refractivity contribution is 5.90. The number of hydrogen-bond donors (Lipinski definition) is 1. The Morgan fingerprint density at radius 3 is 2.64 bits per heavy atom. The molecule has 0 amide bonds. The summed E-state index contributed by atoms with van der Waals surface area (Å²) in [6.07, 6.45) is 6.42. The van der Waals surface area contributed by atoms with Crippen molar-refractivity contribution in [1.29, 1.82) is 0 Å². The Hall–Kier alpha value is -2.87. The zero-order valence-electron chi connectivity index (χ0n) is 12.5. The lowest BCUT2D eigenvalue weighted by Crippen LogP contribution is -2.28. The first-order valence-electron chi connectivity index (χ1n) is 7.44. The van der Waals surface area contributed by atoms with E-state index in [9.17, 15) is 0 Å². The molecule has 0 aliphatic carbocycles. The Labute approximate surface area is 129 Å². The van der Waals surface area contributed by atoms with Gasteiger partial charge < -0.3 is 4.98 Å². The van der Waals surface area contributed by atoms with Crippen LogP contribution in [0.25, 0.3) is 34.0 Å². The van der Waals surface area contributed by atoms with E-state index in [0.717, 1.165) is 5.69 Å². The second kappa shape index (κ2) is 5.15. The molecular formula is C20H17N2+. The summed E-state index contributed by atoms with van der Waals surface area (Å²) >= 11 is 0. The van der Waals surface area contributed by atoms with E-state index in [1.54, 1.807) is 0 Å². The van der Waals surface area contributed by atoms with Gasteiger partial charge in [-0.1, -0.05) is 36.4 Å². The maximum absolute atomic E-state index is 3.43. The summed E-state index contributed by atoms with van der Waals surface area (Å²) in [5.74, 6) is 0. The lowest BCUT2D eigenvalue weighted by atomic mass is 10.1. The summed E-state index contributed by atoms with van der Waals surface area (Å²) in [4.78, 5) is 3.43. The number of hydrogen-bond acceptors (Lipinski definition) is 0. The minimum Gasteiger partial charge on any atom is -0.355 e. The lowest BCUT2D eigenvalue weighted by molar-refractivity contribution is -0.644. The van der Waals surface area contributed by atoms with Crippen LogP contribution in [-0.2, 0) is 7.05 Å². The summed E-state index contributed by atoms with van der Waals surface area (Å²) in [6.45, 7) is 0. The van der Waals surface area contributed by atoms with Gasteiger partial charge in [-0.15, -0.1) is 0 Å². The molecule has 4 aromatic rings. The van der Waals surface area contributed by atoms with Crippen LogP contribution in [0.15, 0.2) is 66.9 Å². The van der Waals surface area contributed by atoms with Gasteiger partial charge in [0.1, 0.15) is 7.05 Å². The number of aryl methyl sites for hydroxylation is 1. The highest BCUT2D eigenvalue weighted by atomic mass is 14.9. The van der Waals surface area contributed by atoms with Gasteiger partial charge in [0, 0.05) is 23.3 Å². The molecule has 2 aromatic carbocycles. The molecule has 0 radical (unpaired) electrons. The Bertz CT molecular complexity index is 960. The smallest absolute Gasteiger partial charge is 0.212 e. The molecule has 2 nitrogen and oxygen atoms in total. The molecule has 0 atom stereocenters. The van der Waals surface area contributed by atoms with E-state index in [-0.39, 0.29) is 0 Å². The fourth-order valence-corrected chi connectivity index (χ4v) is 2.90. The monoisotopic (exact) mass is 285 g/mol. The zero-order valence-corrected chi connectivity index (χ0v) is 12.5. The molecule has 0 spiro atoms. The summed E-state index contributed by atoms with van der Waals surface area (Å²) in [7, 11) is 2.08. The van der Waals surface area contributed by atoms with Crippen LogP contribution in [0.3, 0.4) is 0 Å². The van der Waals surface area contributed by atoms with E-state index in [1.165, 1.54) is 27.4 Å². The number of H-pyrrole nitrogens is 1. The fraction of sp³-hybridized carbons (Fsp3) is 0.0500. The van der Waals surface area contributed by atoms with Crippen LogP contribution in [0, 0.1) is 0 Å². The molecule has 2 aromatic heterocycles. The second-order valence-corrected chi connectivity index (χ2v) is 5.54. The maximum atomic E-state index is 3.43. The van der Waals surface area contributed by atoms with Gasteiger partial charge in [-0.05, 0) is 35.2 Å². The number of pyridine rings is 1. The third-order valence-corrected chi connectivity index (χ3v) is 4.07. The zero-order chi connectivity index (χ0) is 14.9. The predicted octanol–water partition coefficient (Wildman–Crippen LogP) is 4.32. The van der Waals surface area contributed by atoms with Crippen molar-refractivity contribution in [3.8, 4) is 0 Å². The minimum absolute atomic E-state index is 1.12. The molecule has 2 heterocycles. The molecule has 0 bridgehead atoms. The normalized spacial score (nSPS) is 11.7. The standard InChI is InChI=1S/C20H16N2/c1-22-13-12-15(18-7-3-5-9-20(18)22)10-11-17-14-16-6-2-4-8-19(16)21-17/h2-14H,1H3/p+1. The Kier molecular flexibility index (Phi) is 3.01. The topological polar surface area (TPSA) is 19.7 Å². The Morgan fingerprint density at radius 2 is 1.73 bits per heavy atom. The first kappa shape index (κ1) is 12.8. The highest BCUT2D eigenvalue weighted by Crippen LogP contribution is 2.19. The van der Waals surface area contributed by atoms with Crippen LogP contribution < -0.4 is 4.57 Å². The summed E-state index contributed by atoms with van der Waals surface area (Å²) < 4.78 is 2.15. The number of nitrogens with zero attached hydrogens (tertiary/aromatic N) is 1. The van der Waals surface area contributed by atoms with Crippen LogP contribution >= 0.6 is 0 Å². The molecule has 0 fully saturated rings. The number of para-hydroxylation sites is 2. The van der Waals surface area contributed by atoms with Crippen LogP contribution in [0.2, 0.25) is 0 Å². The first-order chi connectivity index (χ1) is 10.8. The van der Waals surface area contributed by atoms with Gasteiger partial charge in [0.25, 0.3) is 0 Å². The van der Waals surface area contributed by atoms with Crippen LogP contribution in [-0.4, -0.2) is 4.98 Å². The molecule has 106 valence electrons. The number of aromatic amines is 1. The van der Waals surface area contributed by atoms with Crippen molar-refractivity contribution < 1.29 is 4.57 Å². The Morgan fingerprint density at radius 1 is 0.909 bits per heavy atom. The highest BCUT2D eigenvalue weighted by Gasteiger charge is 2.06. The minimum atomic E-state index is 1.12. The predicted molar refractivity (Wildman–Crippen MR) is 92.4 cm³/mol. The number of rotatable bonds is 2. The van der Waals surface area contributed by atoms with E-state index in [1.807, 2.05) is 0 Å². The van der Waals surface area contributed by atoms with E-state index in [4.69, 9.17) is 0 Å². The van der Waals surface area contributed by atoms with E-state index >= 15 is 0 Å². The van der Waals surface area contributed by atoms with Crippen LogP contribution in [0.1, 0.15) is 11.3 Å². The van der Waals surface area contributed by atoms with E-state index in [2.05, 4.69) is 95.6 Å². The molecule has 4 rings (SSSR count). The van der Waals surface area contributed by atoms with Gasteiger partial charge in [0.15, 0.2) is 6.20 Å². The van der Waals surface area contributed by atoms with E-state index in [0.29, 0.717) is 0 Å². The van der Waals surface area contributed by atoms with Gasteiger partial charge >= 0.3 is 0 Å². The molecule has 0 saturated carbocycles. The van der Waals surface area contributed by atoms with Gasteiger partial charge in [-0.3, -0.25) is 0 Å². The summed E-state index contributed by atoms with van der Waals surface area (Å²) in [5, 5.41) is 2.51. The van der Waals surface area contributed by atoms with E-state index < -0.39 is 0 Å². The number of nitrogens with one attached hydrogen (secondary N) is 1. The molecule has 2 heteroatoms. The third kappa shape index (κ3) is 2.19. The second-order valence-electron chi connectivity index (χ2n) is 5.54. The van der Waals surface area contributed by atoms with Crippen molar-refractivity contribution in [3.63, 3.8) is 0 Å². The average molecular weight is 285 g/mol. The largest absolute Gasteiger partial charge is 0.355 e. The molecule has 0 aliphatic rings. The maximum Gasteiger partial charge on any atom is 0.212 e. The SMILES string of the molecule is C[n+]1ccc(C=Cc2cc3ccccc3[nH]2)c2ccccc21. The van der Waals surface area contributed by atoms with Crippen molar-refractivity contribution >= 4 is 34.0 Å². The molecule has 22 heavy (non-hydrogen) atoms. The fourth-order valence-electron chi connectivity index (χ4n) is 2.90. The molecular weight excluding hydrogens is 268 g/mol. The third-order valence-electron chi connectivity index (χ3n) is 4.07. The van der Waals surface area contributed by atoms with Crippen molar-refractivity contribution in [3.05, 3.63) is 78.1 Å². The molecule has 1 N–H and O–H groups in total. The number of benzene rings is 2. The van der Waals surface area contributed by atoms with Crippen molar-refractivity contribution in [2.45, 2.75) is 0 Å².